The summed E-state index contributed by atoms with van der Waals surface area (Å²) in [5, 5.41) is 18.1. The van der Waals surface area contributed by atoms with Gasteiger partial charge in [0, 0.05) is 52.7 Å². The summed E-state index contributed by atoms with van der Waals surface area (Å²) >= 11 is 0. The molecule has 4 heterocycles. The van der Waals surface area contributed by atoms with E-state index in [0.717, 1.165) is 0 Å². The number of hydrogen-bond acceptors (Lipinski definition) is 6. The van der Waals surface area contributed by atoms with Crippen molar-refractivity contribution in [3.05, 3.63) is 53.9 Å². The molecule has 4 rings (SSSR count). The fraction of sp³-hybridized carbons (Fsp3) is 0.292. The van der Waals surface area contributed by atoms with Gasteiger partial charge < -0.3 is 45.4 Å². The Morgan fingerprint density at radius 2 is 1.26 bits per heavy atom. The van der Waals surface area contributed by atoms with Crippen LogP contribution in [0.2, 0.25) is 0 Å². The number of carbonyl (C=O) groups is 4. The summed E-state index contributed by atoms with van der Waals surface area (Å²) in [6, 6.07) is 4.62. The second-order valence-corrected chi connectivity index (χ2v) is 8.93. The number of nitrogens with two attached hydrogens (primary N) is 1. The van der Waals surface area contributed by atoms with E-state index < -0.39 is 17.9 Å². The maximum Gasteiger partial charge on any atom is 0.272 e. The molecule has 1 fully saturated rings. The first-order chi connectivity index (χ1) is 18.0. The number of rotatable bonds is 10. The average molecular weight is 560 g/mol. The Labute approximate surface area is 229 Å². The number of carbonyl (C=O) groups excluding carboxylic acids is 4. The summed E-state index contributed by atoms with van der Waals surface area (Å²) in [5.74, 6) is -1.50. The lowest BCUT2D eigenvalue weighted by atomic mass is 10.3. The summed E-state index contributed by atoms with van der Waals surface area (Å²) in [4.78, 5) is 50.0. The van der Waals surface area contributed by atoms with Crippen molar-refractivity contribution in [1.29, 1.82) is 5.41 Å². The summed E-state index contributed by atoms with van der Waals surface area (Å²) < 4.78 is 9.67. The highest BCUT2D eigenvalue weighted by Crippen LogP contribution is 2.20. The summed E-state index contributed by atoms with van der Waals surface area (Å²) in [6.45, 7) is 0.617. The van der Waals surface area contributed by atoms with Crippen LogP contribution in [0.4, 0.5) is 17.1 Å². The molecule has 1 saturated heterocycles. The zero-order valence-corrected chi connectivity index (χ0v) is 22.3. The van der Waals surface area contributed by atoms with Crippen molar-refractivity contribution in [2.24, 2.45) is 26.9 Å². The summed E-state index contributed by atoms with van der Waals surface area (Å²) in [6.07, 6.45) is 4.62. The lowest BCUT2D eigenvalue weighted by Crippen LogP contribution is -2.28. The number of ether oxygens (including phenoxy) is 1. The highest BCUT2D eigenvalue weighted by molar-refractivity contribution is 6.08. The van der Waals surface area contributed by atoms with Crippen LogP contribution in [0.5, 0.6) is 0 Å². The Morgan fingerprint density at radius 1 is 0.846 bits per heavy atom. The lowest BCUT2D eigenvalue weighted by Gasteiger charge is -2.04. The molecule has 1 aliphatic heterocycles. The van der Waals surface area contributed by atoms with Gasteiger partial charge in [0.15, 0.2) is 6.10 Å². The molecule has 1 atom stereocenters. The van der Waals surface area contributed by atoms with Gasteiger partial charge in [0.05, 0.1) is 29.5 Å². The minimum atomic E-state index is -0.446. The van der Waals surface area contributed by atoms with E-state index in [1.165, 1.54) is 12.1 Å². The molecule has 39 heavy (non-hydrogen) atoms. The third-order valence-corrected chi connectivity index (χ3v) is 5.80. The van der Waals surface area contributed by atoms with Crippen molar-refractivity contribution >= 4 is 58.9 Å². The average Bonchev–Trinajstić information content (AvgIpc) is 3.41. The maximum absolute atomic E-state index is 12.9. The maximum atomic E-state index is 12.9. The predicted molar refractivity (Wildman–Crippen MR) is 147 cm³/mol. The minimum Gasteiger partial charge on any atom is -0.388 e. The van der Waals surface area contributed by atoms with Crippen molar-refractivity contribution in [3.8, 4) is 0 Å². The second kappa shape index (κ2) is 11.9. The van der Waals surface area contributed by atoms with Crippen molar-refractivity contribution in [3.63, 3.8) is 0 Å². The van der Waals surface area contributed by atoms with Crippen molar-refractivity contribution in [1.82, 2.24) is 19.0 Å². The van der Waals surface area contributed by atoms with E-state index >= 15 is 0 Å². The van der Waals surface area contributed by atoms with E-state index in [2.05, 4.69) is 21.3 Å². The van der Waals surface area contributed by atoms with Gasteiger partial charge in [0.25, 0.3) is 23.6 Å². The van der Waals surface area contributed by atoms with E-state index in [1.807, 2.05) is 0 Å². The number of amides is 4. The van der Waals surface area contributed by atoms with Gasteiger partial charge in [0.2, 0.25) is 0 Å². The number of aryl methyl sites for hydroxylation is 3. The van der Waals surface area contributed by atoms with Crippen molar-refractivity contribution in [2.45, 2.75) is 12.5 Å². The van der Waals surface area contributed by atoms with Gasteiger partial charge >= 0.3 is 0 Å². The molecule has 14 nitrogen and oxygen atoms in total. The molecule has 0 radical (unpaired) electrons. The van der Waals surface area contributed by atoms with Gasteiger partial charge in [-0.05, 0) is 18.2 Å². The van der Waals surface area contributed by atoms with Gasteiger partial charge in [-0.2, -0.15) is 0 Å². The standard InChI is InChI=1S/C24H29N9O5.ClH/c1-31-9-13(6-16(31)21(34)27-5-4-20(25)26)28-22(35)17-7-14(10-32(17)2)29-23(36)18-8-15(11-33(18)3)30-24(37)19-12-38-19;/h6-11,19H,4-5,12H2,1-3H3,(H3,25,26)(H,27,34)(H,28,35)(H,29,36)(H,30,37);1H. The molecule has 1 aliphatic rings. The van der Waals surface area contributed by atoms with Crippen LogP contribution in [0.25, 0.3) is 0 Å². The monoisotopic (exact) mass is 559 g/mol. The zero-order valence-electron chi connectivity index (χ0n) is 21.5. The van der Waals surface area contributed by atoms with Crippen LogP contribution in [-0.2, 0) is 30.7 Å². The van der Waals surface area contributed by atoms with Gasteiger partial charge in [-0.15, -0.1) is 12.4 Å². The van der Waals surface area contributed by atoms with Crippen LogP contribution >= 0.6 is 12.4 Å². The molecule has 4 amide bonds. The van der Waals surface area contributed by atoms with Crippen molar-refractivity contribution in [2.75, 3.05) is 29.1 Å². The Hall–Kier alpha value is -4.56. The first-order valence-corrected chi connectivity index (χ1v) is 11.7. The van der Waals surface area contributed by atoms with Crippen LogP contribution in [-0.4, -0.2) is 62.4 Å². The van der Waals surface area contributed by atoms with E-state index in [-0.39, 0.29) is 48.7 Å². The predicted octanol–water partition coefficient (Wildman–Crippen LogP) is 1.02. The molecular formula is C24H30ClN9O5. The van der Waals surface area contributed by atoms with Crippen LogP contribution in [0.1, 0.15) is 37.9 Å². The molecule has 3 aromatic heterocycles. The van der Waals surface area contributed by atoms with Gasteiger partial charge in [-0.25, -0.2) is 0 Å². The van der Waals surface area contributed by atoms with E-state index in [9.17, 15) is 19.2 Å². The number of hydrogen-bond donors (Lipinski definition) is 6. The van der Waals surface area contributed by atoms with E-state index in [4.69, 9.17) is 15.9 Å². The first-order valence-electron chi connectivity index (χ1n) is 11.7. The summed E-state index contributed by atoms with van der Waals surface area (Å²) in [7, 11) is 5.02. The number of nitrogens with one attached hydrogen (secondary N) is 5. The van der Waals surface area contributed by atoms with Crippen molar-refractivity contribution < 1.29 is 23.9 Å². The molecule has 15 heteroatoms. The fourth-order valence-corrected chi connectivity index (χ4v) is 3.79. The Bertz CT molecular complexity index is 1430. The molecule has 0 spiro atoms. The molecule has 3 aromatic rings. The number of aromatic nitrogens is 3. The van der Waals surface area contributed by atoms with Crippen LogP contribution in [0.3, 0.4) is 0 Å². The topological polar surface area (TPSA) is 194 Å². The Balaban J connectivity index is 0.00000420. The SMILES string of the molecule is Cl.Cn1cc(NC(=O)c2cc(NC(=O)c3cc(NC(=O)C4CO4)cn3C)cn2C)cc1C(=O)NCCC(=N)N. The number of nitrogens with zero attached hydrogens (tertiary/aromatic N) is 3. The molecule has 1 unspecified atom stereocenters. The number of anilines is 3. The third kappa shape index (κ3) is 7.06. The van der Waals surface area contributed by atoms with Gasteiger partial charge in [-0.1, -0.05) is 0 Å². The molecule has 0 bridgehead atoms. The molecular weight excluding hydrogens is 530 g/mol. The number of epoxide rings is 1. The molecule has 0 saturated carbocycles. The Kier molecular flexibility index (Phi) is 8.83. The minimum absolute atomic E-state index is 0. The second-order valence-electron chi connectivity index (χ2n) is 8.93. The number of halogens is 1. The van der Waals surface area contributed by atoms with Gasteiger partial charge in [-0.3, -0.25) is 24.6 Å². The number of amidine groups is 1. The first kappa shape index (κ1) is 29.0. The molecule has 208 valence electrons. The molecule has 0 aromatic carbocycles. The van der Waals surface area contributed by atoms with E-state index in [1.54, 1.807) is 59.5 Å². The largest absolute Gasteiger partial charge is 0.388 e. The fourth-order valence-electron chi connectivity index (χ4n) is 3.79. The smallest absolute Gasteiger partial charge is 0.272 e. The quantitative estimate of drug-likeness (QED) is 0.122. The Morgan fingerprint density at radius 3 is 1.67 bits per heavy atom. The zero-order chi connectivity index (χ0) is 27.6. The van der Waals surface area contributed by atoms with Crippen LogP contribution in [0, 0.1) is 5.41 Å². The summed E-state index contributed by atoms with van der Waals surface area (Å²) in [5.41, 5.74) is 7.50. The molecule has 7 N–H and O–H groups in total. The highest BCUT2D eigenvalue weighted by Gasteiger charge is 2.31. The molecule has 0 aliphatic carbocycles. The van der Waals surface area contributed by atoms with Crippen LogP contribution in [0.15, 0.2) is 36.8 Å². The van der Waals surface area contributed by atoms with E-state index in [0.29, 0.717) is 35.1 Å². The van der Waals surface area contributed by atoms with Gasteiger partial charge in [0.1, 0.15) is 17.1 Å². The van der Waals surface area contributed by atoms with Crippen LogP contribution < -0.4 is 27.0 Å². The third-order valence-electron chi connectivity index (χ3n) is 5.80. The lowest BCUT2D eigenvalue weighted by molar-refractivity contribution is -0.117. The normalized spacial score (nSPS) is 13.7. The highest BCUT2D eigenvalue weighted by atomic mass is 35.5.